The Labute approximate surface area is 179 Å². The van der Waals surface area contributed by atoms with Gasteiger partial charge in [0.2, 0.25) is 0 Å². The second kappa shape index (κ2) is 7.91. The summed E-state index contributed by atoms with van der Waals surface area (Å²) >= 11 is 0. The number of likely N-dealkylation sites (tertiary alicyclic amines) is 1. The molecule has 30 heavy (non-hydrogen) atoms. The molecule has 2 atom stereocenters. The number of halogens is 1. The van der Waals surface area contributed by atoms with Gasteiger partial charge in [-0.1, -0.05) is 6.92 Å². The number of hydrogen-bond donors (Lipinski definition) is 3. The Kier molecular flexibility index (Phi) is 5.29. The van der Waals surface area contributed by atoms with Crippen LogP contribution in [0.4, 0.5) is 5.82 Å². The van der Waals surface area contributed by atoms with Crippen molar-refractivity contribution in [3.05, 3.63) is 47.7 Å². The summed E-state index contributed by atoms with van der Waals surface area (Å²) in [5, 5.41) is 7.05. The van der Waals surface area contributed by atoms with Crippen LogP contribution < -0.4 is 10.6 Å². The normalized spacial score (nSPS) is 19.8. The lowest BCUT2D eigenvalue weighted by molar-refractivity contribution is 0.0780. The van der Waals surface area contributed by atoms with Crippen LogP contribution in [-0.2, 0) is 6.42 Å². The monoisotopic (exact) mass is 427 g/mol. The van der Waals surface area contributed by atoms with Crippen LogP contribution in [0.3, 0.4) is 0 Å². The third-order valence-electron chi connectivity index (χ3n) is 5.71. The van der Waals surface area contributed by atoms with Crippen LogP contribution in [0.1, 0.15) is 33.3 Å². The average Bonchev–Trinajstić information content (AvgIpc) is 3.45. The number of carbonyl (C=O) groups excluding carboxylic acids is 2. The van der Waals surface area contributed by atoms with Crippen molar-refractivity contribution in [2.75, 3.05) is 25.0 Å². The van der Waals surface area contributed by atoms with Gasteiger partial charge in [-0.05, 0) is 24.5 Å². The highest BCUT2D eigenvalue weighted by Gasteiger charge is 2.35. The van der Waals surface area contributed by atoms with Crippen molar-refractivity contribution in [3.8, 4) is 0 Å². The molecule has 3 aromatic heterocycles. The largest absolute Gasteiger partial charge is 0.369 e. The van der Waals surface area contributed by atoms with Crippen LogP contribution in [0.2, 0.25) is 0 Å². The van der Waals surface area contributed by atoms with E-state index in [9.17, 15) is 9.59 Å². The van der Waals surface area contributed by atoms with E-state index in [2.05, 4.69) is 30.6 Å². The fourth-order valence-corrected chi connectivity index (χ4v) is 4.13. The predicted octanol–water partition coefficient (Wildman–Crippen LogP) is 1.63. The Morgan fingerprint density at radius 3 is 2.97 bits per heavy atom. The van der Waals surface area contributed by atoms with Crippen LogP contribution in [0.25, 0.3) is 11.0 Å². The van der Waals surface area contributed by atoms with Gasteiger partial charge >= 0.3 is 0 Å². The predicted molar refractivity (Wildman–Crippen MR) is 114 cm³/mol. The molecule has 10 heteroatoms. The van der Waals surface area contributed by atoms with Gasteiger partial charge in [0.05, 0.1) is 6.04 Å². The van der Waals surface area contributed by atoms with Crippen molar-refractivity contribution in [1.82, 2.24) is 30.2 Å². The smallest absolute Gasteiger partial charge is 0.268 e. The number of aromatic amines is 1. The lowest BCUT2D eigenvalue weighted by atomic mass is 10.1. The lowest BCUT2D eigenvalue weighted by Gasteiger charge is -2.18. The molecule has 3 aromatic rings. The van der Waals surface area contributed by atoms with E-state index in [-0.39, 0.29) is 36.2 Å². The standard InChI is InChI=1S/C20H21N7O2.ClH/c1-11-8-27(20(29)14-3-5-23-18-13(14)2-4-22-18)9-16(11)26-19(28)15-6-12-7-21-10-24-17(12)25-15;/h3,5-7,10-11,16H,2,4,8-9H2,1H3,(H,22,23)(H,26,28)(H,21,24,25);1H/t11-,16+;/m1./s1. The average molecular weight is 428 g/mol. The van der Waals surface area contributed by atoms with E-state index in [4.69, 9.17) is 0 Å². The number of nitrogens with zero attached hydrogens (tertiary/aromatic N) is 4. The zero-order chi connectivity index (χ0) is 20.0. The second-order valence-corrected chi connectivity index (χ2v) is 7.64. The number of nitrogens with one attached hydrogen (secondary N) is 3. The van der Waals surface area contributed by atoms with Crippen molar-refractivity contribution < 1.29 is 9.59 Å². The molecule has 0 aromatic carbocycles. The zero-order valence-electron chi connectivity index (χ0n) is 16.4. The van der Waals surface area contributed by atoms with Crippen molar-refractivity contribution in [2.24, 2.45) is 5.92 Å². The van der Waals surface area contributed by atoms with E-state index < -0.39 is 0 Å². The first kappa shape index (κ1) is 20.1. The Balaban J connectivity index is 0.00000218. The molecule has 3 N–H and O–H groups in total. The Hall–Kier alpha value is -3.20. The number of fused-ring (bicyclic) bond motifs is 2. The van der Waals surface area contributed by atoms with Crippen molar-refractivity contribution in [3.63, 3.8) is 0 Å². The molecular formula is C20H22ClN7O2. The van der Waals surface area contributed by atoms with Crippen LogP contribution in [0, 0.1) is 5.92 Å². The number of amides is 2. The highest BCUT2D eigenvalue weighted by atomic mass is 35.5. The summed E-state index contributed by atoms with van der Waals surface area (Å²) in [4.78, 5) is 43.0. The first-order valence-corrected chi connectivity index (χ1v) is 9.71. The minimum atomic E-state index is -0.205. The van der Waals surface area contributed by atoms with E-state index in [0.29, 0.717) is 30.0 Å². The first-order valence-electron chi connectivity index (χ1n) is 9.71. The van der Waals surface area contributed by atoms with Crippen LogP contribution >= 0.6 is 12.4 Å². The zero-order valence-corrected chi connectivity index (χ0v) is 17.2. The van der Waals surface area contributed by atoms with E-state index in [1.54, 1.807) is 24.5 Å². The minimum Gasteiger partial charge on any atom is -0.369 e. The Morgan fingerprint density at radius 1 is 1.27 bits per heavy atom. The molecule has 2 aliphatic rings. The third kappa shape index (κ3) is 3.45. The fraction of sp³-hybridized carbons (Fsp3) is 0.350. The van der Waals surface area contributed by atoms with Crippen LogP contribution in [0.15, 0.2) is 30.9 Å². The van der Waals surface area contributed by atoms with Gasteiger partial charge in [0, 0.05) is 48.5 Å². The molecule has 5 rings (SSSR count). The molecule has 1 saturated heterocycles. The van der Waals surface area contributed by atoms with Gasteiger partial charge in [0.15, 0.2) is 0 Å². The fourth-order valence-electron chi connectivity index (χ4n) is 4.13. The maximum Gasteiger partial charge on any atom is 0.268 e. The molecule has 1 fully saturated rings. The van der Waals surface area contributed by atoms with Gasteiger partial charge in [0.25, 0.3) is 11.8 Å². The first-order chi connectivity index (χ1) is 14.1. The quantitative estimate of drug-likeness (QED) is 0.585. The van der Waals surface area contributed by atoms with Crippen molar-refractivity contribution in [2.45, 2.75) is 19.4 Å². The summed E-state index contributed by atoms with van der Waals surface area (Å²) in [5.41, 5.74) is 2.75. The highest BCUT2D eigenvalue weighted by Crippen LogP contribution is 2.26. The summed E-state index contributed by atoms with van der Waals surface area (Å²) in [5.74, 6) is 0.745. The Morgan fingerprint density at radius 2 is 2.13 bits per heavy atom. The van der Waals surface area contributed by atoms with Crippen LogP contribution in [0.5, 0.6) is 0 Å². The van der Waals surface area contributed by atoms with E-state index in [1.807, 2.05) is 11.8 Å². The van der Waals surface area contributed by atoms with E-state index in [1.165, 1.54) is 6.33 Å². The van der Waals surface area contributed by atoms with Gasteiger partial charge in [-0.2, -0.15) is 0 Å². The summed E-state index contributed by atoms with van der Waals surface area (Å²) in [7, 11) is 0. The van der Waals surface area contributed by atoms with E-state index in [0.717, 1.165) is 29.7 Å². The molecule has 0 bridgehead atoms. The highest BCUT2D eigenvalue weighted by molar-refractivity contribution is 5.98. The Bertz CT molecular complexity index is 1080. The molecule has 0 saturated carbocycles. The van der Waals surface area contributed by atoms with Crippen molar-refractivity contribution in [1.29, 1.82) is 0 Å². The molecule has 0 unspecified atom stereocenters. The number of H-pyrrole nitrogens is 1. The SMILES string of the molecule is C[C@@H]1CN(C(=O)c2ccnc3c2CCN3)C[C@@H]1NC(=O)c1cc2cncnc2[nH]1.Cl. The lowest BCUT2D eigenvalue weighted by Crippen LogP contribution is -2.40. The molecule has 0 spiro atoms. The molecule has 2 amide bonds. The molecule has 9 nitrogen and oxygen atoms in total. The van der Waals surface area contributed by atoms with E-state index >= 15 is 0 Å². The molecule has 5 heterocycles. The number of rotatable bonds is 3. The number of hydrogen-bond acceptors (Lipinski definition) is 6. The number of pyridine rings is 1. The molecular weight excluding hydrogens is 406 g/mol. The minimum absolute atomic E-state index is 0. The molecule has 156 valence electrons. The molecule has 0 aliphatic carbocycles. The number of carbonyl (C=O) groups is 2. The van der Waals surface area contributed by atoms with Crippen LogP contribution in [-0.4, -0.2) is 62.3 Å². The van der Waals surface area contributed by atoms with Gasteiger partial charge in [0.1, 0.15) is 23.5 Å². The topological polar surface area (TPSA) is 116 Å². The number of anilines is 1. The summed E-state index contributed by atoms with van der Waals surface area (Å²) < 4.78 is 0. The third-order valence-corrected chi connectivity index (χ3v) is 5.71. The molecule has 0 radical (unpaired) electrons. The second-order valence-electron chi connectivity index (χ2n) is 7.64. The summed E-state index contributed by atoms with van der Waals surface area (Å²) in [6, 6.07) is 3.41. The summed E-state index contributed by atoms with van der Waals surface area (Å²) in [6.45, 7) is 3.94. The maximum atomic E-state index is 13.1. The maximum absolute atomic E-state index is 13.1. The van der Waals surface area contributed by atoms with Gasteiger partial charge in [-0.3, -0.25) is 9.59 Å². The van der Waals surface area contributed by atoms with Gasteiger partial charge < -0.3 is 20.5 Å². The van der Waals surface area contributed by atoms with Crippen molar-refractivity contribution >= 4 is 41.1 Å². The molecule has 2 aliphatic heterocycles. The number of aromatic nitrogens is 4. The van der Waals surface area contributed by atoms with Gasteiger partial charge in [-0.25, -0.2) is 15.0 Å². The van der Waals surface area contributed by atoms with Gasteiger partial charge in [-0.15, -0.1) is 12.4 Å². The summed E-state index contributed by atoms with van der Waals surface area (Å²) in [6.07, 6.45) is 5.57.